The number of pyridine rings is 1. The topological polar surface area (TPSA) is 121 Å². The molecule has 3 heterocycles. The predicted molar refractivity (Wildman–Crippen MR) is 149 cm³/mol. The Morgan fingerprint density at radius 1 is 1.21 bits per heavy atom. The molecule has 4 aromatic rings. The molecule has 0 unspecified atom stereocenters. The van der Waals surface area contributed by atoms with Gasteiger partial charge in [-0.3, -0.25) is 24.2 Å². The number of nitriles is 1. The van der Waals surface area contributed by atoms with Crippen LogP contribution in [0, 0.1) is 22.6 Å². The molecule has 1 aliphatic carbocycles. The Labute approximate surface area is 251 Å². The first-order chi connectivity index (χ1) is 21.6. The van der Waals surface area contributed by atoms with Crippen molar-refractivity contribution in [2.24, 2.45) is 12.5 Å². The molecule has 0 spiro atoms. The average Bonchev–Trinajstić information content (AvgIpc) is 3.70. The number of aliphatic hydroxyl groups is 1. The molecule has 2 aliphatic rings. The molecule has 0 saturated heterocycles. The van der Waals surface area contributed by atoms with Crippen molar-refractivity contribution in [1.82, 2.24) is 19.7 Å². The van der Waals surface area contributed by atoms with Crippen molar-refractivity contribution in [2.45, 2.75) is 25.1 Å². The second-order valence-corrected chi connectivity index (χ2v) is 10.6. The summed E-state index contributed by atoms with van der Waals surface area (Å²) in [5, 5.41) is 23.9. The van der Waals surface area contributed by atoms with Gasteiger partial charge in [-0.25, -0.2) is 4.39 Å². The fraction of sp³-hybridized carbons (Fsp3) is 0.258. The van der Waals surface area contributed by atoms with Gasteiger partial charge in [-0.15, -0.1) is 0 Å². The predicted octanol–water partition coefficient (Wildman–Crippen LogP) is 4.36. The van der Waals surface area contributed by atoms with Gasteiger partial charge in [0, 0.05) is 41.0 Å². The molecule has 1 N–H and O–H groups in total. The highest BCUT2D eigenvalue weighted by molar-refractivity contribution is 6.30. The van der Waals surface area contributed by atoms with Crippen molar-refractivity contribution in [3.05, 3.63) is 117 Å². The van der Waals surface area contributed by atoms with E-state index in [0.29, 0.717) is 0 Å². The highest BCUT2D eigenvalue weighted by Gasteiger charge is 2.56. The highest BCUT2D eigenvalue weighted by Crippen LogP contribution is 2.52. The van der Waals surface area contributed by atoms with Crippen LogP contribution in [0.15, 0.2) is 67.1 Å². The van der Waals surface area contributed by atoms with Crippen molar-refractivity contribution < 1.29 is 29.3 Å². The summed E-state index contributed by atoms with van der Waals surface area (Å²) in [6.07, 6.45) is 3.81. The number of halogens is 2. The van der Waals surface area contributed by atoms with Crippen LogP contribution < -0.4 is 0 Å². The van der Waals surface area contributed by atoms with Crippen LogP contribution >= 0.6 is 11.6 Å². The van der Waals surface area contributed by atoms with Crippen molar-refractivity contribution in [3.63, 3.8) is 0 Å². The van der Waals surface area contributed by atoms with E-state index in [9.17, 15) is 20.0 Å². The summed E-state index contributed by atoms with van der Waals surface area (Å²) in [7, 11) is 1.60. The quantitative estimate of drug-likeness (QED) is 0.288. The number of hydrogen-bond donors (Lipinski definition) is 1. The van der Waals surface area contributed by atoms with E-state index in [1.807, 2.05) is 6.07 Å². The fourth-order valence-corrected chi connectivity index (χ4v) is 5.11. The van der Waals surface area contributed by atoms with Gasteiger partial charge in [-0.1, -0.05) is 23.7 Å². The van der Waals surface area contributed by atoms with Crippen LogP contribution in [0.25, 0.3) is 0 Å². The summed E-state index contributed by atoms with van der Waals surface area (Å²) in [5.41, 5.74) is -4.68. The summed E-state index contributed by atoms with van der Waals surface area (Å²) in [4.78, 5) is 33.0. The van der Waals surface area contributed by atoms with Gasteiger partial charge in [0.25, 0.3) is 5.91 Å². The van der Waals surface area contributed by atoms with E-state index in [2.05, 4.69) is 10.1 Å². The minimum Gasteiger partial charge on any atom is -0.396 e. The van der Waals surface area contributed by atoms with E-state index in [4.69, 9.17) is 21.8 Å². The molecule has 1 amide bonds. The van der Waals surface area contributed by atoms with Gasteiger partial charge >= 0.3 is 0 Å². The minimum atomic E-state index is -3.04. The number of aryl methyl sites for hydroxylation is 1. The van der Waals surface area contributed by atoms with Crippen LogP contribution in [0.2, 0.25) is 5.02 Å². The van der Waals surface area contributed by atoms with Crippen LogP contribution in [-0.2, 0) is 24.1 Å². The number of fused-ring (bicyclic) bond motifs is 1. The third-order valence-corrected chi connectivity index (χ3v) is 7.63. The number of aromatic nitrogens is 3. The van der Waals surface area contributed by atoms with Crippen molar-refractivity contribution >= 4 is 23.3 Å². The Morgan fingerprint density at radius 3 is 2.57 bits per heavy atom. The van der Waals surface area contributed by atoms with Crippen molar-refractivity contribution in [2.75, 3.05) is 13.1 Å². The number of nitrogens with zero attached hydrogens (tertiary/aromatic N) is 5. The molecule has 1 saturated carbocycles. The molecule has 42 heavy (non-hydrogen) atoms. The summed E-state index contributed by atoms with van der Waals surface area (Å²) in [6.45, 7) is -6.41. The zero-order chi connectivity index (χ0) is 33.2. The lowest BCUT2D eigenvalue weighted by Gasteiger charge is -2.40. The fourth-order valence-electron chi connectivity index (χ4n) is 4.98. The van der Waals surface area contributed by atoms with E-state index in [1.165, 1.54) is 65.7 Å². The maximum absolute atomic E-state index is 16.6. The van der Waals surface area contributed by atoms with Gasteiger partial charge in [-0.05, 0) is 49.2 Å². The maximum Gasteiger partial charge on any atom is 0.257 e. The van der Waals surface area contributed by atoms with Crippen molar-refractivity contribution in [3.8, 4) is 6.07 Å². The zero-order valence-corrected chi connectivity index (χ0v) is 22.9. The lowest BCUT2D eigenvalue weighted by Crippen LogP contribution is -2.48. The maximum atomic E-state index is 16.6. The number of carbonyl (C=O) groups is 2. The highest BCUT2D eigenvalue weighted by atomic mass is 35.5. The molecular formula is C31H25ClFN5O4. The Balaban J connectivity index is 1.60. The second kappa shape index (κ2) is 10.4. The second-order valence-electron chi connectivity index (χ2n) is 10.2. The van der Waals surface area contributed by atoms with Gasteiger partial charge in [0.2, 0.25) is 0 Å². The first-order valence-corrected chi connectivity index (χ1v) is 13.2. The summed E-state index contributed by atoms with van der Waals surface area (Å²) >= 11 is 6.18. The lowest BCUT2D eigenvalue weighted by atomic mass is 9.90. The first-order valence-electron chi connectivity index (χ1n) is 14.9. The summed E-state index contributed by atoms with van der Waals surface area (Å²) < 4.78 is 58.3. The number of amides is 1. The van der Waals surface area contributed by atoms with Crippen LogP contribution in [0.4, 0.5) is 4.39 Å². The molecule has 11 heteroatoms. The van der Waals surface area contributed by atoms with Gasteiger partial charge in [-0.2, -0.15) is 10.4 Å². The minimum absolute atomic E-state index is 0.0565. The molecule has 0 radical (unpaired) electrons. The monoisotopic (exact) mass is 589 g/mol. The van der Waals surface area contributed by atoms with E-state index >= 15 is 4.39 Å². The molecule has 1 atom stereocenters. The third kappa shape index (κ3) is 4.65. The van der Waals surface area contributed by atoms with Crippen LogP contribution in [0.5, 0.6) is 0 Å². The molecule has 0 bridgehead atoms. The van der Waals surface area contributed by atoms with Gasteiger partial charge in [0.1, 0.15) is 11.9 Å². The largest absolute Gasteiger partial charge is 0.396 e. The molecule has 1 fully saturated rings. The SMILES string of the molecule is [2H]C([2H])(O)C1(C([2H])([2H])O[C@]2(c3ccc(Cl)cc3)c3c(F)cc(C(=O)c4cnn(C)c4)cc3C(=O)N2Cc2ccc(C#N)cn2)CC1. The van der Waals surface area contributed by atoms with Crippen LogP contribution in [-0.4, -0.2) is 49.6 Å². The third-order valence-electron chi connectivity index (χ3n) is 7.38. The van der Waals surface area contributed by atoms with E-state index in [0.717, 1.165) is 11.0 Å². The molecular weight excluding hydrogens is 561 g/mol. The van der Waals surface area contributed by atoms with Crippen LogP contribution in [0.1, 0.15) is 67.0 Å². The number of hydrogen-bond acceptors (Lipinski definition) is 7. The van der Waals surface area contributed by atoms with Crippen molar-refractivity contribution in [1.29, 1.82) is 5.26 Å². The standard InChI is InChI=1S/C31H25ClFN5O4/c1-37-15-21(14-36-37)28(40)20-10-25-27(26(33)11-20)31(22-3-5-23(32)6-4-22,42-18-30(17-39)8-9-30)38(29(25)41)16-24-7-2-19(12-34)13-35-24/h2-7,10-11,13-15,39H,8-9,16-18H2,1H3/t31-/m1/s1/i17D2,18D2. The van der Waals surface area contributed by atoms with E-state index < -0.39 is 47.3 Å². The molecule has 212 valence electrons. The lowest BCUT2D eigenvalue weighted by molar-refractivity contribution is -0.130. The number of ketones is 1. The summed E-state index contributed by atoms with van der Waals surface area (Å²) in [5.74, 6) is -2.53. The Kier molecular flexibility index (Phi) is 5.76. The number of carbonyl (C=O) groups excluding carboxylic acids is 2. The van der Waals surface area contributed by atoms with Gasteiger partial charge < -0.3 is 9.84 Å². The Morgan fingerprint density at radius 2 is 1.98 bits per heavy atom. The molecule has 6 rings (SSSR count). The Bertz CT molecular complexity index is 1920. The van der Waals surface area contributed by atoms with Gasteiger partial charge in [0.05, 0.1) is 59.3 Å². The molecule has 2 aromatic heterocycles. The average molecular weight is 590 g/mol. The number of rotatable bonds is 9. The molecule has 2 aromatic carbocycles. The van der Waals surface area contributed by atoms with E-state index in [-0.39, 0.29) is 57.9 Å². The van der Waals surface area contributed by atoms with Crippen LogP contribution in [0.3, 0.4) is 0 Å². The smallest absolute Gasteiger partial charge is 0.257 e. The zero-order valence-electron chi connectivity index (χ0n) is 26.1. The van der Waals surface area contributed by atoms with E-state index in [1.54, 1.807) is 7.05 Å². The molecule has 1 aliphatic heterocycles. The van der Waals surface area contributed by atoms with Gasteiger partial charge in [0.15, 0.2) is 11.5 Å². The normalized spacial score (nSPS) is 20.6. The number of ether oxygens (including phenoxy) is 1. The number of benzene rings is 2. The molecule has 9 nitrogen and oxygen atoms in total. The first kappa shape index (κ1) is 23.2. The summed E-state index contributed by atoms with van der Waals surface area (Å²) in [6, 6.07) is 12.7. The Hall–Kier alpha value is -4.43.